The van der Waals surface area contributed by atoms with Gasteiger partial charge in [0.2, 0.25) is 5.91 Å². The highest BCUT2D eigenvalue weighted by molar-refractivity contribution is 7.98. The van der Waals surface area contributed by atoms with E-state index in [1.54, 1.807) is 54.1 Å². The quantitative estimate of drug-likeness (QED) is 0.766. The molecule has 1 aliphatic heterocycles. The SMILES string of the molecule is COc1cc(NC(=O)c2cc(SC)ccc2Cl)ccc1N1CCCC1=O. The molecule has 2 aromatic rings. The number of nitrogens with one attached hydrogen (secondary N) is 1. The van der Waals surface area contributed by atoms with E-state index in [2.05, 4.69) is 5.32 Å². The summed E-state index contributed by atoms with van der Waals surface area (Å²) < 4.78 is 5.42. The average Bonchev–Trinajstić information content (AvgIpc) is 3.07. The lowest BCUT2D eigenvalue weighted by atomic mass is 10.2. The van der Waals surface area contributed by atoms with E-state index in [1.165, 1.54) is 0 Å². The summed E-state index contributed by atoms with van der Waals surface area (Å²) >= 11 is 7.70. The molecule has 1 aliphatic rings. The Hall–Kier alpha value is -2.18. The second-order valence-electron chi connectivity index (χ2n) is 5.84. The lowest BCUT2D eigenvalue weighted by Crippen LogP contribution is -2.24. The molecule has 0 atom stereocenters. The molecule has 1 fully saturated rings. The van der Waals surface area contributed by atoms with Crippen LogP contribution in [0.2, 0.25) is 5.02 Å². The monoisotopic (exact) mass is 390 g/mol. The molecule has 0 bridgehead atoms. The predicted octanol–water partition coefficient (Wildman–Crippen LogP) is 4.45. The van der Waals surface area contributed by atoms with Gasteiger partial charge < -0.3 is 15.0 Å². The van der Waals surface area contributed by atoms with Crippen molar-refractivity contribution < 1.29 is 14.3 Å². The summed E-state index contributed by atoms with van der Waals surface area (Å²) in [4.78, 5) is 27.2. The van der Waals surface area contributed by atoms with E-state index in [9.17, 15) is 9.59 Å². The van der Waals surface area contributed by atoms with Crippen molar-refractivity contribution in [1.29, 1.82) is 0 Å². The molecule has 5 nitrogen and oxygen atoms in total. The standard InChI is InChI=1S/C19H19ClN2O3S/c1-25-17-10-12(5-8-16(17)22-9-3-4-18(22)23)21-19(24)14-11-13(26-2)6-7-15(14)20/h5-8,10-11H,3-4,9H2,1-2H3,(H,21,24). The predicted molar refractivity (Wildman–Crippen MR) is 106 cm³/mol. The molecular weight excluding hydrogens is 372 g/mol. The van der Waals surface area contributed by atoms with E-state index in [0.717, 1.165) is 17.0 Å². The Kier molecular flexibility index (Phi) is 5.74. The van der Waals surface area contributed by atoms with Crippen molar-refractivity contribution in [3.05, 3.63) is 47.0 Å². The van der Waals surface area contributed by atoms with Crippen molar-refractivity contribution in [2.75, 3.05) is 30.1 Å². The van der Waals surface area contributed by atoms with E-state index < -0.39 is 0 Å². The number of benzene rings is 2. The van der Waals surface area contributed by atoms with Gasteiger partial charge >= 0.3 is 0 Å². The lowest BCUT2D eigenvalue weighted by Gasteiger charge is -2.19. The first kappa shape index (κ1) is 18.6. The van der Waals surface area contributed by atoms with Gasteiger partial charge in [0.15, 0.2) is 0 Å². The first-order valence-corrected chi connectivity index (χ1v) is 9.77. The van der Waals surface area contributed by atoms with Crippen molar-refractivity contribution in [3.8, 4) is 5.75 Å². The summed E-state index contributed by atoms with van der Waals surface area (Å²) in [5.74, 6) is 0.334. The lowest BCUT2D eigenvalue weighted by molar-refractivity contribution is -0.117. The fraction of sp³-hybridized carbons (Fsp3) is 0.263. The highest BCUT2D eigenvalue weighted by atomic mass is 35.5. The largest absolute Gasteiger partial charge is 0.494 e. The number of thioether (sulfide) groups is 1. The summed E-state index contributed by atoms with van der Waals surface area (Å²) in [5, 5.41) is 3.23. The van der Waals surface area contributed by atoms with E-state index in [0.29, 0.717) is 35.0 Å². The maximum absolute atomic E-state index is 12.6. The summed E-state index contributed by atoms with van der Waals surface area (Å²) in [6.45, 7) is 0.679. The summed E-state index contributed by atoms with van der Waals surface area (Å²) in [6, 6.07) is 10.6. The maximum Gasteiger partial charge on any atom is 0.257 e. The number of carbonyl (C=O) groups excluding carboxylic acids is 2. The van der Waals surface area contributed by atoms with Crippen molar-refractivity contribution in [1.82, 2.24) is 0 Å². The van der Waals surface area contributed by atoms with Crippen LogP contribution in [0.15, 0.2) is 41.3 Å². The van der Waals surface area contributed by atoms with Gasteiger partial charge in [0.1, 0.15) is 5.75 Å². The number of halogens is 1. The minimum Gasteiger partial charge on any atom is -0.494 e. The molecule has 0 unspecified atom stereocenters. The van der Waals surface area contributed by atoms with Crippen LogP contribution in [-0.2, 0) is 4.79 Å². The molecule has 0 spiro atoms. The minimum atomic E-state index is -0.294. The number of ether oxygens (including phenoxy) is 1. The van der Waals surface area contributed by atoms with Crippen molar-refractivity contribution in [2.45, 2.75) is 17.7 Å². The van der Waals surface area contributed by atoms with Gasteiger partial charge in [0.05, 0.1) is 23.4 Å². The summed E-state index contributed by atoms with van der Waals surface area (Å²) in [6.07, 6.45) is 3.32. The number of nitrogens with zero attached hydrogens (tertiary/aromatic N) is 1. The fourth-order valence-corrected chi connectivity index (χ4v) is 3.53. The smallest absolute Gasteiger partial charge is 0.257 e. The number of rotatable bonds is 5. The summed E-state index contributed by atoms with van der Waals surface area (Å²) in [7, 11) is 1.55. The molecule has 7 heteroatoms. The van der Waals surface area contributed by atoms with Crippen LogP contribution in [0.25, 0.3) is 0 Å². The molecule has 0 saturated carbocycles. The second kappa shape index (κ2) is 8.01. The molecule has 0 aromatic heterocycles. The molecule has 3 rings (SSSR count). The highest BCUT2D eigenvalue weighted by Gasteiger charge is 2.24. The van der Waals surface area contributed by atoms with Crippen molar-refractivity contribution in [3.63, 3.8) is 0 Å². The third-order valence-electron chi connectivity index (χ3n) is 4.22. The Labute approximate surface area is 161 Å². The van der Waals surface area contributed by atoms with Gasteiger partial charge in [-0.25, -0.2) is 0 Å². The number of carbonyl (C=O) groups is 2. The van der Waals surface area contributed by atoms with E-state index >= 15 is 0 Å². The Morgan fingerprint density at radius 3 is 2.73 bits per heavy atom. The molecule has 2 aromatic carbocycles. The minimum absolute atomic E-state index is 0.0840. The van der Waals surface area contributed by atoms with Crippen LogP contribution in [-0.4, -0.2) is 31.7 Å². The Balaban J connectivity index is 1.84. The Bertz CT molecular complexity index is 857. The normalized spacial score (nSPS) is 13.8. The first-order valence-electron chi connectivity index (χ1n) is 8.17. The topological polar surface area (TPSA) is 58.6 Å². The van der Waals surface area contributed by atoms with E-state index in [1.807, 2.05) is 12.3 Å². The van der Waals surface area contributed by atoms with Gasteiger partial charge in [-0.1, -0.05) is 11.6 Å². The van der Waals surface area contributed by atoms with Gasteiger partial charge in [-0.2, -0.15) is 0 Å². The van der Waals surface area contributed by atoms with Gasteiger partial charge in [-0.05, 0) is 43.0 Å². The third kappa shape index (κ3) is 3.81. The van der Waals surface area contributed by atoms with Crippen LogP contribution in [0.4, 0.5) is 11.4 Å². The van der Waals surface area contributed by atoms with Crippen molar-refractivity contribution in [2.24, 2.45) is 0 Å². The fourth-order valence-electron chi connectivity index (χ4n) is 2.89. The van der Waals surface area contributed by atoms with Crippen LogP contribution in [0.1, 0.15) is 23.2 Å². The number of hydrogen-bond acceptors (Lipinski definition) is 4. The molecule has 1 saturated heterocycles. The summed E-state index contributed by atoms with van der Waals surface area (Å²) in [5.41, 5.74) is 1.71. The van der Waals surface area contributed by atoms with Gasteiger partial charge in [0, 0.05) is 29.6 Å². The van der Waals surface area contributed by atoms with Gasteiger partial charge in [0.25, 0.3) is 5.91 Å². The zero-order valence-electron chi connectivity index (χ0n) is 14.5. The third-order valence-corrected chi connectivity index (χ3v) is 5.27. The molecule has 26 heavy (non-hydrogen) atoms. The maximum atomic E-state index is 12.6. The zero-order chi connectivity index (χ0) is 18.7. The molecular formula is C19H19ClN2O3S. The van der Waals surface area contributed by atoms with E-state index in [4.69, 9.17) is 16.3 Å². The molecule has 0 radical (unpaired) electrons. The molecule has 1 heterocycles. The van der Waals surface area contributed by atoms with Gasteiger partial charge in [-0.15, -0.1) is 11.8 Å². The average molecular weight is 391 g/mol. The molecule has 2 amide bonds. The first-order chi connectivity index (χ1) is 12.5. The zero-order valence-corrected chi connectivity index (χ0v) is 16.1. The highest BCUT2D eigenvalue weighted by Crippen LogP contribution is 2.34. The molecule has 1 N–H and O–H groups in total. The van der Waals surface area contributed by atoms with Crippen molar-refractivity contribution >= 4 is 46.6 Å². The van der Waals surface area contributed by atoms with Crippen LogP contribution < -0.4 is 15.0 Å². The number of amides is 2. The van der Waals surface area contributed by atoms with Gasteiger partial charge in [-0.3, -0.25) is 9.59 Å². The number of anilines is 2. The van der Waals surface area contributed by atoms with Crippen LogP contribution in [0, 0.1) is 0 Å². The number of methoxy groups -OCH3 is 1. The Morgan fingerprint density at radius 1 is 1.27 bits per heavy atom. The number of hydrogen-bond donors (Lipinski definition) is 1. The second-order valence-corrected chi connectivity index (χ2v) is 7.12. The molecule has 0 aliphatic carbocycles. The van der Waals surface area contributed by atoms with E-state index in [-0.39, 0.29) is 11.8 Å². The molecule has 136 valence electrons. The Morgan fingerprint density at radius 2 is 2.08 bits per heavy atom. The van der Waals surface area contributed by atoms with Crippen LogP contribution >= 0.6 is 23.4 Å². The van der Waals surface area contributed by atoms with Crippen LogP contribution in [0.3, 0.4) is 0 Å². The van der Waals surface area contributed by atoms with Crippen LogP contribution in [0.5, 0.6) is 5.75 Å².